The fraction of sp³-hybridized carbons (Fsp3) is 0.250. The van der Waals surface area contributed by atoms with Crippen LogP contribution in [0.4, 0.5) is 4.39 Å². The van der Waals surface area contributed by atoms with Gasteiger partial charge in [-0.1, -0.05) is 37.3 Å². The fourth-order valence-electron chi connectivity index (χ4n) is 1.92. The van der Waals surface area contributed by atoms with Crippen LogP contribution in [0.3, 0.4) is 0 Å². The topological polar surface area (TPSA) is 35.2 Å². The van der Waals surface area contributed by atoms with Gasteiger partial charge in [-0.3, -0.25) is 0 Å². The van der Waals surface area contributed by atoms with Gasteiger partial charge >= 0.3 is 0 Å². The van der Waals surface area contributed by atoms with E-state index in [1.54, 1.807) is 25.1 Å². The van der Waals surface area contributed by atoms with Gasteiger partial charge in [0.05, 0.1) is 0 Å². The molecule has 0 radical (unpaired) electrons. The zero-order chi connectivity index (χ0) is 13.8. The highest BCUT2D eigenvalue weighted by Gasteiger charge is 2.13. The molecular weight excluding hydrogens is 241 g/mol. The largest absolute Gasteiger partial charge is 0.454 e. The van der Waals surface area contributed by atoms with Gasteiger partial charge in [0.2, 0.25) is 0 Å². The minimum absolute atomic E-state index is 0.107. The van der Waals surface area contributed by atoms with Crippen molar-refractivity contribution in [1.29, 1.82) is 0 Å². The molecule has 0 fully saturated rings. The van der Waals surface area contributed by atoms with Crippen LogP contribution in [0.5, 0.6) is 11.5 Å². The lowest BCUT2D eigenvalue weighted by atomic mass is 10.0. The van der Waals surface area contributed by atoms with Gasteiger partial charge in [0.1, 0.15) is 5.75 Å². The minimum atomic E-state index is -0.331. The van der Waals surface area contributed by atoms with Crippen molar-refractivity contribution >= 4 is 0 Å². The smallest absolute Gasteiger partial charge is 0.168 e. The third-order valence-corrected chi connectivity index (χ3v) is 3.13. The molecule has 1 unspecified atom stereocenters. The number of para-hydroxylation sites is 1. The van der Waals surface area contributed by atoms with Crippen molar-refractivity contribution < 1.29 is 9.13 Å². The van der Waals surface area contributed by atoms with Crippen LogP contribution in [0.2, 0.25) is 0 Å². The second-order valence-electron chi connectivity index (χ2n) is 4.54. The Bertz CT molecular complexity index is 568. The summed E-state index contributed by atoms with van der Waals surface area (Å²) in [6, 6.07) is 12.5. The molecule has 0 aliphatic heterocycles. The number of aryl methyl sites for hydroxylation is 1. The molecular formula is C16H18FNO. The summed E-state index contributed by atoms with van der Waals surface area (Å²) in [4.78, 5) is 0. The predicted octanol–water partition coefficient (Wildman–Crippen LogP) is 4.34. The molecule has 0 saturated heterocycles. The van der Waals surface area contributed by atoms with E-state index in [4.69, 9.17) is 10.5 Å². The normalized spacial score (nSPS) is 12.2. The molecule has 0 aromatic heterocycles. The summed E-state index contributed by atoms with van der Waals surface area (Å²) in [5.41, 5.74) is 7.50. The molecule has 0 saturated carbocycles. The van der Waals surface area contributed by atoms with Crippen LogP contribution >= 0.6 is 0 Å². The van der Waals surface area contributed by atoms with E-state index in [-0.39, 0.29) is 17.6 Å². The number of ether oxygens (including phenoxy) is 1. The summed E-state index contributed by atoms with van der Waals surface area (Å²) < 4.78 is 19.6. The Labute approximate surface area is 113 Å². The summed E-state index contributed by atoms with van der Waals surface area (Å²) >= 11 is 0. The first-order valence-corrected chi connectivity index (χ1v) is 6.41. The SMILES string of the molecule is CCC(N)c1ccccc1Oc1cccc(C)c1F. The lowest BCUT2D eigenvalue weighted by Crippen LogP contribution is -2.10. The van der Waals surface area contributed by atoms with Crippen LogP contribution in [0.25, 0.3) is 0 Å². The van der Waals surface area contributed by atoms with E-state index in [1.807, 2.05) is 31.2 Å². The van der Waals surface area contributed by atoms with E-state index in [1.165, 1.54) is 0 Å². The third kappa shape index (κ3) is 2.93. The van der Waals surface area contributed by atoms with Gasteiger partial charge < -0.3 is 10.5 Å². The van der Waals surface area contributed by atoms with E-state index in [0.717, 1.165) is 12.0 Å². The van der Waals surface area contributed by atoms with Crippen molar-refractivity contribution in [2.75, 3.05) is 0 Å². The average Bonchev–Trinajstić information content (AvgIpc) is 2.43. The van der Waals surface area contributed by atoms with Crippen LogP contribution in [0, 0.1) is 12.7 Å². The summed E-state index contributed by atoms with van der Waals surface area (Å²) in [5.74, 6) is 0.513. The monoisotopic (exact) mass is 259 g/mol. The molecule has 0 heterocycles. The molecule has 0 spiro atoms. The molecule has 19 heavy (non-hydrogen) atoms. The van der Waals surface area contributed by atoms with E-state index in [0.29, 0.717) is 11.3 Å². The molecule has 2 N–H and O–H groups in total. The van der Waals surface area contributed by atoms with E-state index in [9.17, 15) is 4.39 Å². The minimum Gasteiger partial charge on any atom is -0.454 e. The van der Waals surface area contributed by atoms with Gasteiger partial charge in [-0.05, 0) is 31.0 Å². The average molecular weight is 259 g/mol. The van der Waals surface area contributed by atoms with Gasteiger partial charge in [-0.15, -0.1) is 0 Å². The van der Waals surface area contributed by atoms with Crippen molar-refractivity contribution in [3.8, 4) is 11.5 Å². The van der Waals surface area contributed by atoms with Crippen molar-refractivity contribution in [1.82, 2.24) is 0 Å². The predicted molar refractivity (Wildman–Crippen MR) is 74.9 cm³/mol. The molecule has 0 aliphatic carbocycles. The molecule has 2 nitrogen and oxygen atoms in total. The maximum Gasteiger partial charge on any atom is 0.168 e. The number of benzene rings is 2. The molecule has 0 bridgehead atoms. The van der Waals surface area contributed by atoms with Crippen LogP contribution in [0.15, 0.2) is 42.5 Å². The number of hydrogen-bond acceptors (Lipinski definition) is 2. The maximum absolute atomic E-state index is 13.9. The first-order chi connectivity index (χ1) is 9.13. The van der Waals surface area contributed by atoms with Gasteiger partial charge in [-0.2, -0.15) is 0 Å². The van der Waals surface area contributed by atoms with Crippen molar-refractivity contribution in [2.24, 2.45) is 5.73 Å². The molecule has 2 rings (SSSR count). The lowest BCUT2D eigenvalue weighted by molar-refractivity contribution is 0.431. The zero-order valence-corrected chi connectivity index (χ0v) is 11.2. The van der Waals surface area contributed by atoms with Crippen molar-refractivity contribution in [3.63, 3.8) is 0 Å². The number of nitrogens with two attached hydrogens (primary N) is 1. The van der Waals surface area contributed by atoms with Crippen LogP contribution in [0.1, 0.15) is 30.5 Å². The highest BCUT2D eigenvalue weighted by molar-refractivity contribution is 5.41. The Morgan fingerprint density at radius 2 is 1.79 bits per heavy atom. The van der Waals surface area contributed by atoms with Gasteiger partial charge in [0, 0.05) is 11.6 Å². The van der Waals surface area contributed by atoms with Crippen molar-refractivity contribution in [2.45, 2.75) is 26.3 Å². The Kier molecular flexibility index (Phi) is 4.17. The van der Waals surface area contributed by atoms with Gasteiger partial charge in [-0.25, -0.2) is 4.39 Å². The molecule has 100 valence electrons. The standard InChI is InChI=1S/C16H18FNO/c1-3-13(18)12-8-4-5-9-14(12)19-15-10-6-7-11(2)16(15)17/h4-10,13H,3,18H2,1-2H3. The lowest BCUT2D eigenvalue weighted by Gasteiger charge is -2.16. The summed E-state index contributed by atoms with van der Waals surface area (Å²) in [5, 5.41) is 0. The highest BCUT2D eigenvalue weighted by Crippen LogP contribution is 2.31. The summed E-state index contributed by atoms with van der Waals surface area (Å²) in [6.07, 6.45) is 0.802. The third-order valence-electron chi connectivity index (χ3n) is 3.13. The van der Waals surface area contributed by atoms with Gasteiger partial charge in [0.15, 0.2) is 11.6 Å². The number of halogens is 1. The molecule has 2 aromatic rings. The summed E-state index contributed by atoms with van der Waals surface area (Å²) in [7, 11) is 0. The molecule has 2 aromatic carbocycles. The Balaban J connectivity index is 2.36. The van der Waals surface area contributed by atoms with E-state index < -0.39 is 0 Å². The van der Waals surface area contributed by atoms with Crippen LogP contribution < -0.4 is 10.5 Å². The summed E-state index contributed by atoms with van der Waals surface area (Å²) in [6.45, 7) is 3.72. The Morgan fingerprint density at radius 3 is 2.53 bits per heavy atom. The molecule has 0 amide bonds. The van der Waals surface area contributed by atoms with Crippen LogP contribution in [-0.4, -0.2) is 0 Å². The second-order valence-corrected chi connectivity index (χ2v) is 4.54. The van der Waals surface area contributed by atoms with E-state index in [2.05, 4.69) is 0 Å². The molecule has 1 atom stereocenters. The van der Waals surface area contributed by atoms with E-state index >= 15 is 0 Å². The maximum atomic E-state index is 13.9. The van der Waals surface area contributed by atoms with Crippen molar-refractivity contribution in [3.05, 3.63) is 59.4 Å². The zero-order valence-electron chi connectivity index (χ0n) is 11.2. The Morgan fingerprint density at radius 1 is 1.11 bits per heavy atom. The number of hydrogen-bond donors (Lipinski definition) is 1. The fourth-order valence-corrected chi connectivity index (χ4v) is 1.92. The van der Waals surface area contributed by atoms with Gasteiger partial charge in [0.25, 0.3) is 0 Å². The van der Waals surface area contributed by atoms with Crippen LogP contribution in [-0.2, 0) is 0 Å². The first kappa shape index (κ1) is 13.6. The second kappa shape index (κ2) is 5.85. The highest BCUT2D eigenvalue weighted by atomic mass is 19.1. The quantitative estimate of drug-likeness (QED) is 0.886. The first-order valence-electron chi connectivity index (χ1n) is 6.41. The number of rotatable bonds is 4. The molecule has 3 heteroatoms. The molecule has 0 aliphatic rings. The Hall–Kier alpha value is -1.87.